The van der Waals surface area contributed by atoms with E-state index in [1.807, 2.05) is 75.1 Å². The molecule has 0 unspecified atom stereocenters. The highest BCUT2D eigenvalue weighted by Crippen LogP contribution is 2.11. The number of hydrogen-bond donors (Lipinski definition) is 0. The molecule has 3 heterocycles. The first-order chi connectivity index (χ1) is 13.2. The number of imidazole rings is 1. The molecule has 0 spiro atoms. The molecule has 27 heavy (non-hydrogen) atoms. The fourth-order valence-corrected chi connectivity index (χ4v) is 3.47. The molecule has 2 amide bonds. The summed E-state index contributed by atoms with van der Waals surface area (Å²) in [7, 11) is 0. The van der Waals surface area contributed by atoms with E-state index in [0.717, 1.165) is 17.8 Å². The lowest BCUT2D eigenvalue weighted by Crippen LogP contribution is -2.38. The van der Waals surface area contributed by atoms with Gasteiger partial charge in [-0.3, -0.25) is 9.59 Å². The molecule has 6 heteroatoms. The van der Waals surface area contributed by atoms with E-state index in [0.29, 0.717) is 31.7 Å². The Balaban J connectivity index is 1.38. The van der Waals surface area contributed by atoms with Crippen molar-refractivity contribution in [2.24, 2.45) is 0 Å². The van der Waals surface area contributed by atoms with Crippen LogP contribution >= 0.6 is 0 Å². The average molecular weight is 362 g/mol. The van der Waals surface area contributed by atoms with Gasteiger partial charge in [0.2, 0.25) is 5.91 Å². The van der Waals surface area contributed by atoms with Crippen molar-refractivity contribution < 1.29 is 9.59 Å². The number of carbonyl (C=O) groups excluding carboxylic acids is 2. The van der Waals surface area contributed by atoms with Gasteiger partial charge >= 0.3 is 0 Å². The van der Waals surface area contributed by atoms with E-state index in [2.05, 4.69) is 4.98 Å². The molecule has 6 nitrogen and oxygen atoms in total. The van der Waals surface area contributed by atoms with Crippen LogP contribution in [-0.4, -0.2) is 57.2 Å². The Morgan fingerprint density at radius 1 is 0.889 bits per heavy atom. The maximum Gasteiger partial charge on any atom is 0.253 e. The van der Waals surface area contributed by atoms with Gasteiger partial charge in [-0.25, -0.2) is 4.98 Å². The van der Waals surface area contributed by atoms with Gasteiger partial charge in [-0.15, -0.1) is 0 Å². The molecular formula is C21H22N4O2. The van der Waals surface area contributed by atoms with Gasteiger partial charge < -0.3 is 14.2 Å². The van der Waals surface area contributed by atoms with Crippen molar-refractivity contribution in [1.29, 1.82) is 0 Å². The molecule has 0 radical (unpaired) electrons. The number of rotatable bonds is 3. The van der Waals surface area contributed by atoms with Crippen LogP contribution < -0.4 is 0 Å². The van der Waals surface area contributed by atoms with Crippen molar-refractivity contribution in [3.63, 3.8) is 0 Å². The second-order valence-electron chi connectivity index (χ2n) is 6.77. The van der Waals surface area contributed by atoms with Gasteiger partial charge in [0.05, 0.1) is 12.1 Å². The molecule has 2 aromatic heterocycles. The Labute approximate surface area is 158 Å². The summed E-state index contributed by atoms with van der Waals surface area (Å²) in [5, 5.41) is 0. The Kier molecular flexibility index (Phi) is 4.87. The van der Waals surface area contributed by atoms with Crippen molar-refractivity contribution in [3.05, 3.63) is 72.2 Å². The van der Waals surface area contributed by atoms with Crippen LogP contribution in [0, 0.1) is 0 Å². The van der Waals surface area contributed by atoms with E-state index >= 15 is 0 Å². The molecule has 0 saturated carbocycles. The zero-order chi connectivity index (χ0) is 18.6. The number of benzene rings is 1. The molecule has 1 fully saturated rings. The lowest BCUT2D eigenvalue weighted by molar-refractivity contribution is -0.130. The number of amides is 2. The van der Waals surface area contributed by atoms with Gasteiger partial charge in [-0.2, -0.15) is 0 Å². The molecular weight excluding hydrogens is 340 g/mol. The Bertz CT molecular complexity index is 918. The molecule has 0 N–H and O–H groups in total. The molecule has 0 atom stereocenters. The number of pyridine rings is 1. The first-order valence-corrected chi connectivity index (χ1v) is 9.25. The summed E-state index contributed by atoms with van der Waals surface area (Å²) in [5.41, 5.74) is 2.31. The molecule has 0 aliphatic carbocycles. The quantitative estimate of drug-likeness (QED) is 0.718. The molecule has 1 aliphatic heterocycles. The van der Waals surface area contributed by atoms with Gasteiger partial charge in [-0.1, -0.05) is 24.3 Å². The van der Waals surface area contributed by atoms with Gasteiger partial charge in [-0.05, 0) is 30.7 Å². The van der Waals surface area contributed by atoms with Gasteiger partial charge in [0, 0.05) is 44.1 Å². The normalized spacial score (nSPS) is 15.0. The van der Waals surface area contributed by atoms with E-state index in [1.165, 1.54) is 0 Å². The Morgan fingerprint density at radius 2 is 1.63 bits per heavy atom. The predicted octanol–water partition coefficient (Wildman–Crippen LogP) is 2.25. The van der Waals surface area contributed by atoms with Crippen molar-refractivity contribution in [2.75, 3.05) is 26.2 Å². The first kappa shape index (κ1) is 17.3. The smallest absolute Gasteiger partial charge is 0.253 e. The summed E-state index contributed by atoms with van der Waals surface area (Å²) in [6, 6.07) is 15.1. The minimum atomic E-state index is 0.0326. The highest BCUT2D eigenvalue weighted by atomic mass is 16.2. The lowest BCUT2D eigenvalue weighted by Gasteiger charge is -2.22. The minimum absolute atomic E-state index is 0.0326. The molecule has 138 valence electrons. The van der Waals surface area contributed by atoms with Crippen LogP contribution in [-0.2, 0) is 11.2 Å². The fourth-order valence-electron chi connectivity index (χ4n) is 3.47. The van der Waals surface area contributed by atoms with Gasteiger partial charge in [0.15, 0.2) is 0 Å². The highest BCUT2D eigenvalue weighted by Gasteiger charge is 2.23. The molecule has 0 bridgehead atoms. The second kappa shape index (κ2) is 7.61. The van der Waals surface area contributed by atoms with E-state index in [1.54, 1.807) is 0 Å². The molecule has 4 rings (SSSR count). The topological polar surface area (TPSA) is 57.9 Å². The van der Waals surface area contributed by atoms with Gasteiger partial charge in [0.25, 0.3) is 5.91 Å². The number of carbonyl (C=O) groups is 2. The molecule has 1 aromatic carbocycles. The van der Waals surface area contributed by atoms with Crippen LogP contribution in [0.5, 0.6) is 0 Å². The highest BCUT2D eigenvalue weighted by molar-refractivity contribution is 5.94. The monoisotopic (exact) mass is 362 g/mol. The van der Waals surface area contributed by atoms with E-state index in [9.17, 15) is 9.59 Å². The third-order valence-electron chi connectivity index (χ3n) is 4.90. The standard InChI is InChI=1S/C21H22N4O2/c26-20(15-18-16-25-10-5-4-9-19(25)22-18)23-11-6-12-24(14-13-23)21(27)17-7-2-1-3-8-17/h1-5,7-10,16H,6,11-15H2. The summed E-state index contributed by atoms with van der Waals surface area (Å²) in [5.74, 6) is 0.0951. The largest absolute Gasteiger partial charge is 0.341 e. The van der Waals surface area contributed by atoms with E-state index in [-0.39, 0.29) is 18.2 Å². The third-order valence-corrected chi connectivity index (χ3v) is 4.90. The average Bonchev–Trinajstić information content (AvgIpc) is 2.94. The Hall–Kier alpha value is -3.15. The number of aromatic nitrogens is 2. The van der Waals surface area contributed by atoms with E-state index < -0.39 is 0 Å². The van der Waals surface area contributed by atoms with E-state index in [4.69, 9.17) is 0 Å². The lowest BCUT2D eigenvalue weighted by atomic mass is 10.2. The maximum atomic E-state index is 12.7. The zero-order valence-electron chi connectivity index (χ0n) is 15.1. The summed E-state index contributed by atoms with van der Waals surface area (Å²) < 4.78 is 1.92. The van der Waals surface area contributed by atoms with Crippen LogP contribution in [0.1, 0.15) is 22.5 Å². The van der Waals surface area contributed by atoms with Crippen molar-refractivity contribution >= 4 is 17.5 Å². The summed E-state index contributed by atoms with van der Waals surface area (Å²) >= 11 is 0. The fraction of sp³-hybridized carbons (Fsp3) is 0.286. The van der Waals surface area contributed by atoms with Crippen LogP contribution in [0.3, 0.4) is 0 Å². The Morgan fingerprint density at radius 3 is 2.44 bits per heavy atom. The second-order valence-corrected chi connectivity index (χ2v) is 6.77. The van der Waals surface area contributed by atoms with Gasteiger partial charge in [0.1, 0.15) is 5.65 Å². The zero-order valence-corrected chi connectivity index (χ0v) is 15.1. The summed E-state index contributed by atoms with van der Waals surface area (Å²) in [6.45, 7) is 2.46. The maximum absolute atomic E-state index is 12.7. The first-order valence-electron chi connectivity index (χ1n) is 9.25. The number of fused-ring (bicyclic) bond motifs is 1. The molecule has 1 saturated heterocycles. The number of hydrogen-bond acceptors (Lipinski definition) is 3. The third kappa shape index (κ3) is 3.84. The minimum Gasteiger partial charge on any atom is -0.341 e. The van der Waals surface area contributed by atoms with Crippen LogP contribution in [0.15, 0.2) is 60.9 Å². The predicted molar refractivity (Wildman–Crippen MR) is 102 cm³/mol. The molecule has 1 aliphatic rings. The van der Waals surface area contributed by atoms with Crippen molar-refractivity contribution in [2.45, 2.75) is 12.8 Å². The SMILES string of the molecule is O=C(Cc1cn2ccccc2n1)N1CCCN(C(=O)c2ccccc2)CC1. The van der Waals surface area contributed by atoms with Crippen molar-refractivity contribution in [1.82, 2.24) is 19.2 Å². The molecule has 3 aromatic rings. The van der Waals surface area contributed by atoms with Crippen molar-refractivity contribution in [3.8, 4) is 0 Å². The summed E-state index contributed by atoms with van der Waals surface area (Å²) in [6.07, 6.45) is 4.90. The van der Waals surface area contributed by atoms with Crippen LogP contribution in [0.4, 0.5) is 0 Å². The number of nitrogens with zero attached hydrogens (tertiary/aromatic N) is 4. The summed E-state index contributed by atoms with van der Waals surface area (Å²) in [4.78, 5) is 33.5. The van der Waals surface area contributed by atoms with Crippen LogP contribution in [0.25, 0.3) is 5.65 Å². The van der Waals surface area contributed by atoms with Crippen LogP contribution in [0.2, 0.25) is 0 Å².